The zero-order valence-corrected chi connectivity index (χ0v) is 18.2. The fourth-order valence-corrected chi connectivity index (χ4v) is 6.43. The van der Waals surface area contributed by atoms with Gasteiger partial charge in [-0.05, 0) is 96.5 Å². The SMILES string of the molecule is NC(Cc1ccsc1)C(NCCc1ccc(F)cc1)C1CCC2CCCCC2C1. The van der Waals surface area contributed by atoms with Gasteiger partial charge in [-0.3, -0.25) is 0 Å². The lowest BCUT2D eigenvalue weighted by molar-refractivity contribution is 0.103. The first-order valence-electron chi connectivity index (χ1n) is 11.4. The van der Waals surface area contributed by atoms with Gasteiger partial charge in [0.1, 0.15) is 5.82 Å². The van der Waals surface area contributed by atoms with Gasteiger partial charge in [0.2, 0.25) is 0 Å². The van der Waals surface area contributed by atoms with Crippen LogP contribution in [0.4, 0.5) is 4.39 Å². The fraction of sp³-hybridized carbons (Fsp3) is 0.600. The minimum Gasteiger partial charge on any atom is -0.326 e. The summed E-state index contributed by atoms with van der Waals surface area (Å²) in [6, 6.07) is 9.60. The molecule has 5 atom stereocenters. The molecule has 1 heterocycles. The summed E-state index contributed by atoms with van der Waals surface area (Å²) in [7, 11) is 0. The molecule has 5 unspecified atom stereocenters. The molecule has 0 bridgehead atoms. The van der Waals surface area contributed by atoms with E-state index in [-0.39, 0.29) is 11.9 Å². The molecule has 3 N–H and O–H groups in total. The van der Waals surface area contributed by atoms with Gasteiger partial charge in [0.15, 0.2) is 0 Å². The van der Waals surface area contributed by atoms with Crippen molar-refractivity contribution in [2.75, 3.05) is 6.54 Å². The summed E-state index contributed by atoms with van der Waals surface area (Å²) >= 11 is 1.75. The van der Waals surface area contributed by atoms with E-state index in [1.807, 2.05) is 12.1 Å². The third-order valence-electron chi connectivity index (χ3n) is 7.31. The first-order chi connectivity index (χ1) is 14.2. The quantitative estimate of drug-likeness (QED) is 0.593. The second-order valence-corrected chi connectivity index (χ2v) is 10.0. The molecular weight excluding hydrogens is 379 g/mol. The van der Waals surface area contributed by atoms with Crippen LogP contribution >= 0.6 is 11.3 Å². The van der Waals surface area contributed by atoms with Crippen LogP contribution in [0.3, 0.4) is 0 Å². The minimum absolute atomic E-state index is 0.142. The Morgan fingerprint density at radius 3 is 2.55 bits per heavy atom. The van der Waals surface area contributed by atoms with Gasteiger partial charge in [0.05, 0.1) is 0 Å². The van der Waals surface area contributed by atoms with Gasteiger partial charge in [-0.2, -0.15) is 11.3 Å². The normalized spacial score (nSPS) is 26.6. The second kappa shape index (κ2) is 10.2. The molecule has 29 heavy (non-hydrogen) atoms. The van der Waals surface area contributed by atoms with Crippen molar-refractivity contribution in [2.24, 2.45) is 23.5 Å². The Balaban J connectivity index is 1.39. The predicted octanol–water partition coefficient (Wildman–Crippen LogP) is 5.56. The Morgan fingerprint density at radius 2 is 1.79 bits per heavy atom. The number of halogens is 1. The molecule has 1 aromatic heterocycles. The Labute approximate surface area is 179 Å². The first kappa shape index (κ1) is 21.0. The minimum atomic E-state index is -0.165. The maximum Gasteiger partial charge on any atom is 0.123 e. The maximum atomic E-state index is 13.2. The third-order valence-corrected chi connectivity index (χ3v) is 8.04. The average Bonchev–Trinajstić information content (AvgIpc) is 3.25. The van der Waals surface area contributed by atoms with Gasteiger partial charge in [-0.25, -0.2) is 4.39 Å². The molecule has 2 saturated carbocycles. The van der Waals surface area contributed by atoms with Crippen LogP contribution in [0.2, 0.25) is 0 Å². The van der Waals surface area contributed by atoms with E-state index in [0.29, 0.717) is 12.0 Å². The molecule has 0 spiro atoms. The van der Waals surface area contributed by atoms with Crippen molar-refractivity contribution in [3.05, 3.63) is 58.0 Å². The molecule has 0 saturated heterocycles. The summed E-state index contributed by atoms with van der Waals surface area (Å²) in [4.78, 5) is 0. The second-order valence-electron chi connectivity index (χ2n) is 9.23. The van der Waals surface area contributed by atoms with Crippen molar-refractivity contribution in [3.63, 3.8) is 0 Å². The van der Waals surface area contributed by atoms with E-state index in [9.17, 15) is 4.39 Å². The predicted molar refractivity (Wildman–Crippen MR) is 121 cm³/mol. The molecule has 2 fully saturated rings. The Morgan fingerprint density at radius 1 is 1.00 bits per heavy atom. The van der Waals surface area contributed by atoms with Crippen LogP contribution in [0.5, 0.6) is 0 Å². The molecule has 0 aliphatic heterocycles. The van der Waals surface area contributed by atoms with Gasteiger partial charge < -0.3 is 11.1 Å². The average molecular weight is 415 g/mol. The lowest BCUT2D eigenvalue weighted by Gasteiger charge is -2.43. The summed E-state index contributed by atoms with van der Waals surface area (Å²) in [5.41, 5.74) is 9.34. The van der Waals surface area contributed by atoms with Gasteiger partial charge in [-0.1, -0.05) is 37.8 Å². The van der Waals surface area contributed by atoms with Crippen LogP contribution in [-0.2, 0) is 12.8 Å². The summed E-state index contributed by atoms with van der Waals surface area (Å²) < 4.78 is 13.2. The van der Waals surface area contributed by atoms with Gasteiger partial charge >= 0.3 is 0 Å². The van der Waals surface area contributed by atoms with Gasteiger partial charge in [0, 0.05) is 12.1 Å². The van der Waals surface area contributed by atoms with E-state index in [2.05, 4.69) is 22.1 Å². The molecule has 2 aliphatic carbocycles. The van der Waals surface area contributed by atoms with Gasteiger partial charge in [0.25, 0.3) is 0 Å². The highest BCUT2D eigenvalue weighted by molar-refractivity contribution is 7.07. The van der Waals surface area contributed by atoms with E-state index in [1.165, 1.54) is 56.1 Å². The zero-order chi connectivity index (χ0) is 20.1. The molecule has 2 aliphatic rings. The molecule has 158 valence electrons. The number of rotatable bonds is 8. The Bertz CT molecular complexity index is 730. The number of benzene rings is 1. The molecule has 2 nitrogen and oxygen atoms in total. The number of fused-ring (bicyclic) bond motifs is 1. The number of hydrogen-bond donors (Lipinski definition) is 2. The van der Waals surface area contributed by atoms with Crippen LogP contribution < -0.4 is 11.1 Å². The highest BCUT2D eigenvalue weighted by Gasteiger charge is 2.37. The van der Waals surface area contributed by atoms with Crippen molar-refractivity contribution in [3.8, 4) is 0 Å². The van der Waals surface area contributed by atoms with Crippen molar-refractivity contribution in [1.82, 2.24) is 5.32 Å². The van der Waals surface area contributed by atoms with E-state index in [4.69, 9.17) is 5.73 Å². The third kappa shape index (κ3) is 5.68. The Kier molecular flexibility index (Phi) is 7.39. The smallest absolute Gasteiger partial charge is 0.123 e. The fourth-order valence-electron chi connectivity index (χ4n) is 5.75. The molecule has 0 radical (unpaired) electrons. The highest BCUT2D eigenvalue weighted by atomic mass is 32.1. The highest BCUT2D eigenvalue weighted by Crippen LogP contribution is 2.44. The summed E-state index contributed by atoms with van der Waals surface area (Å²) in [6.45, 7) is 0.901. The standard InChI is InChI=1S/C25H35FN2S/c26-23-9-5-18(6-10-23)11-13-28-25(24(27)15-19-12-14-29-17-19)22-8-7-20-3-1-2-4-21(20)16-22/h5-6,9-10,12,14,17,20-22,24-25,28H,1-4,7-8,11,13,15-16,27H2. The monoisotopic (exact) mass is 414 g/mol. The number of thiophene rings is 1. The largest absolute Gasteiger partial charge is 0.326 e. The Hall–Kier alpha value is -1.23. The van der Waals surface area contributed by atoms with Crippen molar-refractivity contribution in [2.45, 2.75) is 69.9 Å². The van der Waals surface area contributed by atoms with E-state index in [1.54, 1.807) is 23.5 Å². The van der Waals surface area contributed by atoms with Crippen LogP contribution in [0.15, 0.2) is 41.1 Å². The molecule has 1 aromatic carbocycles. The van der Waals surface area contributed by atoms with Crippen molar-refractivity contribution < 1.29 is 4.39 Å². The lowest BCUT2D eigenvalue weighted by Crippen LogP contribution is -2.53. The van der Waals surface area contributed by atoms with E-state index >= 15 is 0 Å². The summed E-state index contributed by atoms with van der Waals surface area (Å²) in [5, 5.41) is 8.22. The van der Waals surface area contributed by atoms with Crippen LogP contribution in [-0.4, -0.2) is 18.6 Å². The molecule has 2 aromatic rings. The molecule has 4 heteroatoms. The summed E-state index contributed by atoms with van der Waals surface area (Å²) in [6.07, 6.45) is 11.6. The lowest BCUT2D eigenvalue weighted by atomic mass is 9.65. The van der Waals surface area contributed by atoms with Crippen molar-refractivity contribution in [1.29, 1.82) is 0 Å². The first-order valence-corrected chi connectivity index (χ1v) is 12.4. The zero-order valence-electron chi connectivity index (χ0n) is 17.4. The van der Waals surface area contributed by atoms with Crippen molar-refractivity contribution >= 4 is 11.3 Å². The number of nitrogens with two attached hydrogens (primary N) is 1. The molecule has 0 amide bonds. The van der Waals surface area contributed by atoms with Gasteiger partial charge in [-0.15, -0.1) is 0 Å². The number of hydrogen-bond acceptors (Lipinski definition) is 3. The number of nitrogens with one attached hydrogen (secondary N) is 1. The summed E-state index contributed by atoms with van der Waals surface area (Å²) in [5.74, 6) is 2.39. The maximum absolute atomic E-state index is 13.2. The van der Waals surface area contributed by atoms with E-state index < -0.39 is 0 Å². The van der Waals surface area contributed by atoms with Crippen LogP contribution in [0.25, 0.3) is 0 Å². The molecular formula is C25H35FN2S. The van der Waals surface area contributed by atoms with Crippen LogP contribution in [0.1, 0.15) is 56.1 Å². The van der Waals surface area contributed by atoms with Crippen LogP contribution in [0, 0.1) is 23.6 Å². The topological polar surface area (TPSA) is 38.0 Å². The molecule has 4 rings (SSSR count). The van der Waals surface area contributed by atoms with E-state index in [0.717, 1.165) is 31.2 Å².